The molecular weight excluding hydrogens is 375 g/mol. The van der Waals surface area contributed by atoms with E-state index in [0.717, 1.165) is 4.47 Å². The molecule has 0 fully saturated rings. The minimum absolute atomic E-state index is 0.0183. The summed E-state index contributed by atoms with van der Waals surface area (Å²) in [5, 5.41) is 0. The van der Waals surface area contributed by atoms with Crippen LogP contribution in [-0.4, -0.2) is 10.8 Å². The molecule has 3 N–H and O–H groups in total. The summed E-state index contributed by atoms with van der Waals surface area (Å²) in [6.07, 6.45) is 0. The van der Waals surface area contributed by atoms with Crippen LogP contribution in [0, 0.1) is 5.82 Å². The third-order valence-electron chi connectivity index (χ3n) is 3.58. The highest BCUT2D eigenvalue weighted by Crippen LogP contribution is 2.22. The Kier molecular flexibility index (Phi) is 4.31. The topological polar surface area (TPSA) is 76.0 Å². The van der Waals surface area contributed by atoms with Gasteiger partial charge in [-0.2, -0.15) is 0 Å². The summed E-state index contributed by atoms with van der Waals surface area (Å²) >= 11 is 3.33. The van der Waals surface area contributed by atoms with Gasteiger partial charge in [0.2, 0.25) is 0 Å². The number of benzene rings is 2. The largest absolute Gasteiger partial charge is 0.385 e. The molecule has 120 valence electrons. The number of hydrogen-bond donors (Lipinski definition) is 2. The Morgan fingerprint density at radius 3 is 2.29 bits per heavy atom. The number of carbonyl (C=O) groups excluding carboxylic acids is 1. The maximum atomic E-state index is 13.0. The standard InChI is InChI=1S/C18H12BrFN2O2/c19-12-5-1-10(2-6-12)14-9-15(17(21)22-18(14)24)16(23)11-3-7-13(20)8-4-11/h1-9H,(H3,21,22,24). The van der Waals surface area contributed by atoms with Crippen LogP contribution in [0.25, 0.3) is 11.1 Å². The van der Waals surface area contributed by atoms with E-state index in [1.54, 1.807) is 24.3 Å². The van der Waals surface area contributed by atoms with Crippen LogP contribution in [0.1, 0.15) is 15.9 Å². The minimum Gasteiger partial charge on any atom is -0.385 e. The van der Waals surface area contributed by atoms with Crippen molar-refractivity contribution in [2.45, 2.75) is 0 Å². The first kappa shape index (κ1) is 16.1. The summed E-state index contributed by atoms with van der Waals surface area (Å²) in [7, 11) is 0. The lowest BCUT2D eigenvalue weighted by atomic mass is 9.99. The molecule has 0 saturated carbocycles. The van der Waals surface area contributed by atoms with E-state index >= 15 is 0 Å². The van der Waals surface area contributed by atoms with Crippen molar-refractivity contribution < 1.29 is 9.18 Å². The van der Waals surface area contributed by atoms with Gasteiger partial charge in [-0.05, 0) is 48.0 Å². The van der Waals surface area contributed by atoms with Crippen LogP contribution in [0.15, 0.2) is 63.9 Å². The number of ketones is 1. The van der Waals surface area contributed by atoms with Gasteiger partial charge in [0.15, 0.2) is 5.78 Å². The van der Waals surface area contributed by atoms with E-state index in [-0.39, 0.29) is 28.3 Å². The van der Waals surface area contributed by atoms with Crippen LogP contribution in [-0.2, 0) is 0 Å². The Morgan fingerprint density at radius 2 is 1.67 bits per heavy atom. The van der Waals surface area contributed by atoms with Crippen molar-refractivity contribution in [3.05, 3.63) is 86.4 Å². The molecule has 0 saturated heterocycles. The lowest BCUT2D eigenvalue weighted by molar-refractivity contribution is 0.103. The number of nitrogens with one attached hydrogen (secondary N) is 1. The van der Waals surface area contributed by atoms with Crippen molar-refractivity contribution in [2.24, 2.45) is 0 Å². The molecule has 0 unspecified atom stereocenters. The number of H-pyrrole nitrogens is 1. The number of pyridine rings is 1. The van der Waals surface area contributed by atoms with Crippen molar-refractivity contribution in [3.63, 3.8) is 0 Å². The second-order valence-corrected chi connectivity index (χ2v) is 6.10. The van der Waals surface area contributed by atoms with Gasteiger partial charge in [-0.1, -0.05) is 28.1 Å². The number of carbonyl (C=O) groups is 1. The summed E-state index contributed by atoms with van der Waals surface area (Å²) in [5.41, 5.74) is 6.87. The summed E-state index contributed by atoms with van der Waals surface area (Å²) in [4.78, 5) is 27.3. The highest BCUT2D eigenvalue weighted by molar-refractivity contribution is 9.10. The van der Waals surface area contributed by atoms with Crippen molar-refractivity contribution in [3.8, 4) is 11.1 Å². The Labute approximate surface area is 145 Å². The van der Waals surface area contributed by atoms with Crippen LogP contribution in [0.3, 0.4) is 0 Å². The van der Waals surface area contributed by atoms with E-state index in [0.29, 0.717) is 11.1 Å². The molecule has 0 aliphatic rings. The molecule has 4 nitrogen and oxygen atoms in total. The van der Waals surface area contributed by atoms with Crippen LogP contribution in [0.4, 0.5) is 10.2 Å². The number of rotatable bonds is 3. The van der Waals surface area contributed by atoms with Crippen LogP contribution < -0.4 is 11.3 Å². The van der Waals surface area contributed by atoms with E-state index in [4.69, 9.17) is 5.73 Å². The van der Waals surface area contributed by atoms with Gasteiger partial charge < -0.3 is 10.7 Å². The van der Waals surface area contributed by atoms with Gasteiger partial charge in [0.05, 0.1) is 5.56 Å². The third-order valence-corrected chi connectivity index (χ3v) is 4.11. The zero-order valence-corrected chi connectivity index (χ0v) is 13.9. The fourth-order valence-corrected chi connectivity index (χ4v) is 2.60. The summed E-state index contributed by atoms with van der Waals surface area (Å²) in [6, 6.07) is 13.7. The predicted octanol–water partition coefficient (Wildman–Crippen LogP) is 3.76. The van der Waals surface area contributed by atoms with Crippen LogP contribution in [0.2, 0.25) is 0 Å². The van der Waals surface area contributed by atoms with Crippen molar-refractivity contribution >= 4 is 27.5 Å². The van der Waals surface area contributed by atoms with Gasteiger partial charge in [-0.3, -0.25) is 9.59 Å². The number of nitrogens with two attached hydrogens (primary N) is 1. The predicted molar refractivity (Wildman–Crippen MR) is 94.4 cm³/mol. The van der Waals surface area contributed by atoms with Gasteiger partial charge >= 0.3 is 0 Å². The lowest BCUT2D eigenvalue weighted by Crippen LogP contribution is -2.16. The fourth-order valence-electron chi connectivity index (χ4n) is 2.33. The molecule has 0 spiro atoms. The summed E-state index contributed by atoms with van der Waals surface area (Å²) < 4.78 is 13.9. The smallest absolute Gasteiger partial charge is 0.257 e. The quantitative estimate of drug-likeness (QED) is 0.672. The Bertz CT molecular complexity index is 964. The van der Waals surface area contributed by atoms with Crippen LogP contribution >= 0.6 is 15.9 Å². The van der Waals surface area contributed by atoms with E-state index in [1.165, 1.54) is 30.3 Å². The maximum Gasteiger partial charge on any atom is 0.257 e. The van der Waals surface area contributed by atoms with E-state index in [9.17, 15) is 14.0 Å². The van der Waals surface area contributed by atoms with Gasteiger partial charge in [0, 0.05) is 15.6 Å². The molecule has 1 aromatic heterocycles. The minimum atomic E-state index is -0.434. The third kappa shape index (κ3) is 3.14. The van der Waals surface area contributed by atoms with E-state index in [1.807, 2.05) is 0 Å². The summed E-state index contributed by atoms with van der Waals surface area (Å²) in [5.74, 6) is -0.839. The molecular formula is C18H12BrFN2O2. The molecule has 0 aliphatic heterocycles. The Morgan fingerprint density at radius 1 is 1.04 bits per heavy atom. The van der Waals surface area contributed by atoms with Gasteiger partial charge in [-0.15, -0.1) is 0 Å². The van der Waals surface area contributed by atoms with Crippen molar-refractivity contribution in [1.82, 2.24) is 4.98 Å². The molecule has 0 aliphatic carbocycles. The summed E-state index contributed by atoms with van der Waals surface area (Å²) in [6.45, 7) is 0. The second kappa shape index (κ2) is 6.41. The highest BCUT2D eigenvalue weighted by atomic mass is 79.9. The number of nitrogen functional groups attached to an aromatic ring is 1. The van der Waals surface area contributed by atoms with Crippen molar-refractivity contribution in [1.29, 1.82) is 0 Å². The molecule has 3 aromatic rings. The molecule has 0 radical (unpaired) electrons. The number of aromatic nitrogens is 1. The first-order valence-electron chi connectivity index (χ1n) is 7.04. The monoisotopic (exact) mass is 386 g/mol. The average Bonchev–Trinajstić information content (AvgIpc) is 2.56. The van der Waals surface area contributed by atoms with E-state index in [2.05, 4.69) is 20.9 Å². The maximum absolute atomic E-state index is 13.0. The highest BCUT2D eigenvalue weighted by Gasteiger charge is 2.16. The van der Waals surface area contributed by atoms with Crippen molar-refractivity contribution in [2.75, 3.05) is 5.73 Å². The zero-order chi connectivity index (χ0) is 17.3. The SMILES string of the molecule is Nc1[nH]c(=O)c(-c2ccc(Br)cc2)cc1C(=O)c1ccc(F)cc1. The molecule has 3 rings (SSSR count). The number of halogens is 2. The lowest BCUT2D eigenvalue weighted by Gasteiger charge is -2.08. The Balaban J connectivity index is 2.10. The first-order valence-corrected chi connectivity index (χ1v) is 7.84. The molecule has 0 bridgehead atoms. The number of aromatic amines is 1. The average molecular weight is 387 g/mol. The first-order chi connectivity index (χ1) is 11.5. The molecule has 0 atom stereocenters. The molecule has 1 heterocycles. The molecule has 2 aromatic carbocycles. The molecule has 6 heteroatoms. The van der Waals surface area contributed by atoms with Gasteiger partial charge in [0.25, 0.3) is 5.56 Å². The zero-order valence-electron chi connectivity index (χ0n) is 12.3. The van der Waals surface area contributed by atoms with Crippen LogP contribution in [0.5, 0.6) is 0 Å². The number of hydrogen-bond acceptors (Lipinski definition) is 3. The fraction of sp³-hybridized carbons (Fsp3) is 0. The molecule has 24 heavy (non-hydrogen) atoms. The normalized spacial score (nSPS) is 10.6. The van der Waals surface area contributed by atoms with E-state index < -0.39 is 5.82 Å². The Hall–Kier alpha value is -2.73. The number of anilines is 1. The molecule has 0 amide bonds. The second-order valence-electron chi connectivity index (χ2n) is 5.18. The van der Waals surface area contributed by atoms with Gasteiger partial charge in [0.1, 0.15) is 11.6 Å². The van der Waals surface area contributed by atoms with Gasteiger partial charge in [-0.25, -0.2) is 4.39 Å².